The first-order chi connectivity index (χ1) is 16.1. The van der Waals surface area contributed by atoms with Crippen LogP contribution in [0.2, 0.25) is 0 Å². The molecular formula is C26H33N3O5. The average molecular weight is 468 g/mol. The van der Waals surface area contributed by atoms with Crippen molar-refractivity contribution in [2.75, 3.05) is 19.7 Å². The van der Waals surface area contributed by atoms with E-state index in [2.05, 4.69) is 17.2 Å². The lowest BCUT2D eigenvalue weighted by atomic mass is 10.0. The Morgan fingerprint density at radius 3 is 2.41 bits per heavy atom. The molecule has 34 heavy (non-hydrogen) atoms. The number of nitrogens with zero attached hydrogens (tertiary/aromatic N) is 1. The van der Waals surface area contributed by atoms with Crippen LogP contribution in [0.1, 0.15) is 43.5 Å². The van der Waals surface area contributed by atoms with E-state index in [4.69, 9.17) is 4.74 Å². The van der Waals surface area contributed by atoms with Crippen molar-refractivity contribution in [3.8, 4) is 0 Å². The summed E-state index contributed by atoms with van der Waals surface area (Å²) < 4.78 is 5.18. The summed E-state index contributed by atoms with van der Waals surface area (Å²) in [4.78, 5) is 39.7. The molecule has 0 aliphatic heterocycles. The molecule has 1 atom stereocenters. The lowest BCUT2D eigenvalue weighted by Crippen LogP contribution is -2.48. The van der Waals surface area contributed by atoms with Crippen LogP contribution in [0.4, 0.5) is 4.79 Å². The summed E-state index contributed by atoms with van der Waals surface area (Å²) in [5.41, 5.74) is 1.52. The summed E-state index contributed by atoms with van der Waals surface area (Å²) in [7, 11) is 0. The van der Waals surface area contributed by atoms with Gasteiger partial charge in [0.1, 0.15) is 18.2 Å². The Balaban J connectivity index is 2.28. The fourth-order valence-corrected chi connectivity index (χ4v) is 3.28. The number of rotatable bonds is 10. The van der Waals surface area contributed by atoms with Gasteiger partial charge in [0.05, 0.1) is 6.61 Å². The summed E-state index contributed by atoms with van der Waals surface area (Å²) >= 11 is 0. The van der Waals surface area contributed by atoms with Crippen LogP contribution in [-0.2, 0) is 20.9 Å². The molecule has 2 aromatic rings. The van der Waals surface area contributed by atoms with Crippen molar-refractivity contribution in [3.63, 3.8) is 0 Å². The van der Waals surface area contributed by atoms with Crippen LogP contribution in [0, 0.1) is 0 Å². The number of carbonyl (C=O) groups excluding carboxylic acids is 3. The SMILES string of the molecule is C=Cc1cccc(C(C(=O)NCc2ccccc2)N(CCO)C(=O)CNC(=O)OC(C)(C)C)c1. The van der Waals surface area contributed by atoms with Gasteiger partial charge in [0.25, 0.3) is 0 Å². The Labute approximate surface area is 200 Å². The maximum atomic E-state index is 13.3. The van der Waals surface area contributed by atoms with E-state index in [1.807, 2.05) is 36.4 Å². The second-order valence-corrected chi connectivity index (χ2v) is 8.65. The van der Waals surface area contributed by atoms with Crippen molar-refractivity contribution < 1.29 is 24.2 Å². The van der Waals surface area contributed by atoms with Crippen molar-refractivity contribution in [2.45, 2.75) is 39.0 Å². The van der Waals surface area contributed by atoms with E-state index in [0.29, 0.717) is 5.56 Å². The smallest absolute Gasteiger partial charge is 0.408 e. The van der Waals surface area contributed by atoms with E-state index < -0.39 is 36.1 Å². The van der Waals surface area contributed by atoms with Gasteiger partial charge in [-0.2, -0.15) is 0 Å². The van der Waals surface area contributed by atoms with Gasteiger partial charge in [-0.3, -0.25) is 9.59 Å². The predicted octanol–water partition coefficient (Wildman–Crippen LogP) is 3.03. The summed E-state index contributed by atoms with van der Waals surface area (Å²) in [5, 5.41) is 14.9. The molecule has 8 nitrogen and oxygen atoms in total. The number of hydrogen-bond acceptors (Lipinski definition) is 5. The number of aliphatic hydroxyl groups excluding tert-OH is 1. The molecule has 0 aliphatic carbocycles. The maximum absolute atomic E-state index is 13.3. The van der Waals surface area contributed by atoms with Crippen LogP contribution in [0.3, 0.4) is 0 Å². The molecule has 1 unspecified atom stereocenters. The van der Waals surface area contributed by atoms with Crippen molar-refractivity contribution in [1.82, 2.24) is 15.5 Å². The summed E-state index contributed by atoms with van der Waals surface area (Å²) in [6, 6.07) is 15.5. The monoisotopic (exact) mass is 467 g/mol. The number of aliphatic hydroxyl groups is 1. The Hall–Kier alpha value is -3.65. The van der Waals surface area contributed by atoms with E-state index in [1.165, 1.54) is 4.90 Å². The number of hydrogen-bond donors (Lipinski definition) is 3. The lowest BCUT2D eigenvalue weighted by molar-refractivity contribution is -0.140. The summed E-state index contributed by atoms with van der Waals surface area (Å²) in [6.45, 7) is 8.33. The Morgan fingerprint density at radius 1 is 1.09 bits per heavy atom. The molecule has 2 aromatic carbocycles. The van der Waals surface area contributed by atoms with Gasteiger partial charge in [-0.15, -0.1) is 0 Å². The van der Waals surface area contributed by atoms with Crippen LogP contribution in [-0.4, -0.2) is 53.2 Å². The number of nitrogens with one attached hydrogen (secondary N) is 2. The number of alkyl carbamates (subject to hydrolysis) is 1. The lowest BCUT2D eigenvalue weighted by Gasteiger charge is -2.31. The molecule has 0 radical (unpaired) electrons. The molecule has 0 aliphatic rings. The van der Waals surface area contributed by atoms with E-state index >= 15 is 0 Å². The number of benzene rings is 2. The summed E-state index contributed by atoms with van der Waals surface area (Å²) in [5.74, 6) is -0.951. The van der Waals surface area contributed by atoms with Gasteiger partial charge in [0.15, 0.2) is 0 Å². The third kappa shape index (κ3) is 8.37. The van der Waals surface area contributed by atoms with Crippen LogP contribution < -0.4 is 10.6 Å². The largest absolute Gasteiger partial charge is 0.444 e. The molecule has 3 amide bonds. The van der Waals surface area contributed by atoms with Gasteiger partial charge < -0.3 is 25.4 Å². The molecule has 3 N–H and O–H groups in total. The first-order valence-corrected chi connectivity index (χ1v) is 11.1. The minimum absolute atomic E-state index is 0.101. The van der Waals surface area contributed by atoms with Gasteiger partial charge in [0, 0.05) is 13.1 Å². The predicted molar refractivity (Wildman–Crippen MR) is 131 cm³/mol. The third-order valence-electron chi connectivity index (χ3n) is 4.78. The van der Waals surface area contributed by atoms with Crippen LogP contribution in [0.15, 0.2) is 61.2 Å². The van der Waals surface area contributed by atoms with E-state index in [0.717, 1.165) is 11.1 Å². The van der Waals surface area contributed by atoms with Gasteiger partial charge in [-0.1, -0.05) is 61.2 Å². The van der Waals surface area contributed by atoms with E-state index in [1.54, 1.807) is 45.0 Å². The highest BCUT2D eigenvalue weighted by Crippen LogP contribution is 2.23. The maximum Gasteiger partial charge on any atom is 0.408 e. The molecule has 0 spiro atoms. The molecule has 0 heterocycles. The fraction of sp³-hybridized carbons (Fsp3) is 0.346. The van der Waals surface area contributed by atoms with E-state index in [9.17, 15) is 19.5 Å². The fourth-order valence-electron chi connectivity index (χ4n) is 3.28. The average Bonchev–Trinajstić information content (AvgIpc) is 2.80. The van der Waals surface area contributed by atoms with Crippen LogP contribution >= 0.6 is 0 Å². The zero-order valence-corrected chi connectivity index (χ0v) is 19.9. The van der Waals surface area contributed by atoms with Gasteiger partial charge in [0.2, 0.25) is 11.8 Å². The molecule has 0 bridgehead atoms. The van der Waals surface area contributed by atoms with Gasteiger partial charge >= 0.3 is 6.09 Å². The third-order valence-corrected chi connectivity index (χ3v) is 4.78. The highest BCUT2D eigenvalue weighted by Gasteiger charge is 2.31. The normalized spacial score (nSPS) is 11.8. The zero-order chi connectivity index (χ0) is 25.1. The number of carbonyl (C=O) groups is 3. The Kier molecular flexibility index (Phi) is 9.82. The second kappa shape index (κ2) is 12.6. The molecule has 0 fully saturated rings. The number of amides is 3. The van der Waals surface area contributed by atoms with E-state index in [-0.39, 0.29) is 19.7 Å². The summed E-state index contributed by atoms with van der Waals surface area (Å²) in [6.07, 6.45) is 0.897. The van der Waals surface area contributed by atoms with Gasteiger partial charge in [-0.05, 0) is 43.5 Å². The first-order valence-electron chi connectivity index (χ1n) is 11.1. The van der Waals surface area contributed by atoms with Crippen LogP contribution in [0.5, 0.6) is 0 Å². The topological polar surface area (TPSA) is 108 Å². The molecule has 182 valence electrons. The molecule has 0 saturated carbocycles. The molecular weight excluding hydrogens is 434 g/mol. The van der Waals surface area contributed by atoms with Crippen molar-refractivity contribution in [3.05, 3.63) is 77.9 Å². The quantitative estimate of drug-likeness (QED) is 0.498. The second-order valence-electron chi connectivity index (χ2n) is 8.65. The first kappa shape index (κ1) is 26.6. The molecule has 8 heteroatoms. The minimum atomic E-state index is -1.02. The van der Waals surface area contributed by atoms with Gasteiger partial charge in [-0.25, -0.2) is 4.79 Å². The highest BCUT2D eigenvalue weighted by atomic mass is 16.6. The minimum Gasteiger partial charge on any atom is -0.444 e. The highest BCUT2D eigenvalue weighted by molar-refractivity contribution is 5.90. The zero-order valence-electron chi connectivity index (χ0n) is 19.9. The Bertz CT molecular complexity index is 985. The molecule has 0 saturated heterocycles. The van der Waals surface area contributed by atoms with Crippen molar-refractivity contribution in [1.29, 1.82) is 0 Å². The van der Waals surface area contributed by atoms with Crippen LogP contribution in [0.25, 0.3) is 6.08 Å². The van der Waals surface area contributed by atoms with Crippen molar-refractivity contribution in [2.24, 2.45) is 0 Å². The standard InChI is InChI=1S/C26H33N3O5/c1-5-19-12-9-13-21(16-19)23(24(32)27-17-20-10-7-6-8-11-20)29(14-15-30)22(31)18-28-25(33)34-26(2,3)4/h5-13,16,23,30H,1,14-15,17-18H2,2-4H3,(H,27,32)(H,28,33). The molecule has 2 rings (SSSR count). The molecule has 0 aromatic heterocycles. The Morgan fingerprint density at radius 2 is 1.79 bits per heavy atom. The number of ether oxygens (including phenoxy) is 1. The van der Waals surface area contributed by atoms with Crippen molar-refractivity contribution >= 4 is 24.0 Å².